The lowest BCUT2D eigenvalue weighted by atomic mass is 9.97. The van der Waals surface area contributed by atoms with Crippen LogP contribution >= 0.6 is 0 Å². The summed E-state index contributed by atoms with van der Waals surface area (Å²) in [5.74, 6) is 0. The van der Waals surface area contributed by atoms with Gasteiger partial charge >= 0.3 is 6.18 Å². The smallest absolute Gasteiger partial charge is 0.264 e. The van der Waals surface area contributed by atoms with E-state index in [1.807, 2.05) is 42.6 Å². The molecule has 1 aromatic heterocycles. The van der Waals surface area contributed by atoms with E-state index in [2.05, 4.69) is 53.5 Å². The predicted molar refractivity (Wildman–Crippen MR) is 131 cm³/mol. The van der Waals surface area contributed by atoms with Crippen LogP contribution in [0.25, 0.3) is 44.5 Å². The predicted octanol–water partition coefficient (Wildman–Crippen LogP) is 8.77. The second-order valence-electron chi connectivity index (χ2n) is 8.05. The summed E-state index contributed by atoms with van der Waals surface area (Å²) in [5, 5.41) is 0. The van der Waals surface area contributed by atoms with Gasteiger partial charge in [-0.25, -0.2) is 0 Å². The molecule has 0 saturated carbocycles. The van der Waals surface area contributed by atoms with E-state index >= 15 is 0 Å². The number of benzene rings is 4. The van der Waals surface area contributed by atoms with Crippen molar-refractivity contribution in [3.8, 4) is 44.5 Å². The van der Waals surface area contributed by atoms with Gasteiger partial charge in [0.1, 0.15) is 0 Å². The van der Waals surface area contributed by atoms with Gasteiger partial charge in [0.2, 0.25) is 0 Å². The van der Waals surface area contributed by atoms with Crippen LogP contribution in [0.5, 0.6) is 0 Å². The molecular weight excluding hydrogens is 431 g/mol. The van der Waals surface area contributed by atoms with E-state index in [4.69, 9.17) is 0 Å². The zero-order chi connectivity index (χ0) is 23.5. The normalized spacial score (nSPS) is 11.4. The van der Waals surface area contributed by atoms with Crippen LogP contribution in [0.15, 0.2) is 122 Å². The summed E-state index contributed by atoms with van der Waals surface area (Å²) >= 11 is 0. The third kappa shape index (κ3) is 4.62. The molecule has 0 spiro atoms. The van der Waals surface area contributed by atoms with Crippen LogP contribution in [0.4, 0.5) is 13.2 Å². The Hall–Kier alpha value is -4.18. The van der Waals surface area contributed by atoms with Gasteiger partial charge < -0.3 is 0 Å². The monoisotopic (exact) mass is 451 g/mol. The second-order valence-corrected chi connectivity index (χ2v) is 8.05. The van der Waals surface area contributed by atoms with Gasteiger partial charge in [-0.05, 0) is 62.7 Å². The lowest BCUT2D eigenvalue weighted by Crippen LogP contribution is -2.04. The average Bonchev–Trinajstić information content (AvgIpc) is 2.89. The average molecular weight is 451 g/mol. The Morgan fingerprint density at radius 3 is 1.26 bits per heavy atom. The highest BCUT2D eigenvalue weighted by Crippen LogP contribution is 2.33. The molecule has 0 bridgehead atoms. The highest BCUT2D eigenvalue weighted by molar-refractivity contribution is 5.74. The van der Waals surface area contributed by atoms with Crippen LogP contribution in [0.3, 0.4) is 0 Å². The van der Waals surface area contributed by atoms with Gasteiger partial charge in [0.15, 0.2) is 0 Å². The molecular formula is C30H20F3N. The molecule has 0 aliphatic carbocycles. The van der Waals surface area contributed by atoms with Crippen LogP contribution in [0.2, 0.25) is 0 Å². The molecule has 0 unspecified atom stereocenters. The molecule has 1 nitrogen and oxygen atoms in total. The fourth-order valence-corrected chi connectivity index (χ4v) is 3.97. The Kier molecular flexibility index (Phi) is 5.72. The third-order valence-corrected chi connectivity index (χ3v) is 5.84. The maximum Gasteiger partial charge on any atom is 0.416 e. The summed E-state index contributed by atoms with van der Waals surface area (Å²) in [4.78, 5) is 4.17. The number of pyridine rings is 1. The summed E-state index contributed by atoms with van der Waals surface area (Å²) in [5.41, 5.74) is 7.15. The first-order chi connectivity index (χ1) is 16.5. The molecule has 0 saturated heterocycles. The highest BCUT2D eigenvalue weighted by atomic mass is 19.4. The van der Waals surface area contributed by atoms with Crippen molar-refractivity contribution in [3.05, 3.63) is 127 Å². The first kappa shape index (κ1) is 21.7. The van der Waals surface area contributed by atoms with E-state index < -0.39 is 11.7 Å². The molecule has 0 radical (unpaired) electrons. The Morgan fingerprint density at radius 1 is 0.441 bits per heavy atom. The van der Waals surface area contributed by atoms with Crippen molar-refractivity contribution < 1.29 is 13.2 Å². The maximum atomic E-state index is 13.0. The molecule has 0 atom stereocenters. The first-order valence-corrected chi connectivity index (χ1v) is 10.9. The van der Waals surface area contributed by atoms with Crippen molar-refractivity contribution in [2.75, 3.05) is 0 Å². The van der Waals surface area contributed by atoms with Gasteiger partial charge in [-0.15, -0.1) is 0 Å². The number of rotatable bonds is 4. The first-order valence-electron chi connectivity index (χ1n) is 10.9. The van der Waals surface area contributed by atoms with Crippen molar-refractivity contribution in [2.24, 2.45) is 0 Å². The highest BCUT2D eigenvalue weighted by Gasteiger charge is 2.30. The van der Waals surface area contributed by atoms with Gasteiger partial charge in [-0.2, -0.15) is 13.2 Å². The van der Waals surface area contributed by atoms with Crippen molar-refractivity contribution >= 4 is 0 Å². The zero-order valence-electron chi connectivity index (χ0n) is 18.1. The van der Waals surface area contributed by atoms with Gasteiger partial charge in [0, 0.05) is 12.4 Å². The van der Waals surface area contributed by atoms with Crippen molar-refractivity contribution in [3.63, 3.8) is 0 Å². The van der Waals surface area contributed by atoms with Gasteiger partial charge in [-0.1, -0.05) is 91.0 Å². The zero-order valence-corrected chi connectivity index (χ0v) is 18.1. The summed E-state index contributed by atoms with van der Waals surface area (Å²) in [6.07, 6.45) is -0.739. The molecule has 1 heterocycles. The molecule has 0 aliphatic heterocycles. The topological polar surface area (TPSA) is 12.9 Å². The fraction of sp³-hybridized carbons (Fsp3) is 0.0333. The largest absolute Gasteiger partial charge is 0.416 e. The van der Waals surface area contributed by atoms with Crippen molar-refractivity contribution in [1.29, 1.82) is 0 Å². The minimum absolute atomic E-state index is 0.548. The SMILES string of the molecule is FC(F)(F)c1cccc(-c2ccc(-c3ccc(-c4ccc(-c5cccnc5)cc4)cc3)cc2)c1. The quantitative estimate of drug-likeness (QED) is 0.266. The maximum absolute atomic E-state index is 13.0. The summed E-state index contributed by atoms with van der Waals surface area (Å²) in [7, 11) is 0. The minimum Gasteiger partial charge on any atom is -0.264 e. The Bertz CT molecular complexity index is 1390. The van der Waals surface area contributed by atoms with E-state index in [9.17, 15) is 13.2 Å². The van der Waals surface area contributed by atoms with Gasteiger partial charge in [0.05, 0.1) is 5.56 Å². The second kappa shape index (κ2) is 8.99. The Labute approximate surface area is 196 Å². The lowest BCUT2D eigenvalue weighted by Gasteiger charge is -2.10. The lowest BCUT2D eigenvalue weighted by molar-refractivity contribution is -0.137. The molecule has 0 fully saturated rings. The summed E-state index contributed by atoms with van der Waals surface area (Å²) < 4.78 is 39.1. The number of aromatic nitrogens is 1. The van der Waals surface area contributed by atoms with Gasteiger partial charge in [-0.3, -0.25) is 4.98 Å². The summed E-state index contributed by atoms with van der Waals surface area (Å²) in [6, 6.07) is 33.6. The van der Waals surface area contributed by atoms with Crippen LogP contribution in [0, 0.1) is 0 Å². The number of nitrogens with zero attached hydrogens (tertiary/aromatic N) is 1. The molecule has 4 heteroatoms. The van der Waals surface area contributed by atoms with Crippen molar-refractivity contribution in [2.45, 2.75) is 6.18 Å². The van der Waals surface area contributed by atoms with Crippen LogP contribution < -0.4 is 0 Å². The molecule has 4 aromatic carbocycles. The van der Waals surface area contributed by atoms with E-state index in [0.717, 1.165) is 45.0 Å². The molecule has 0 aliphatic rings. The van der Waals surface area contributed by atoms with E-state index in [1.54, 1.807) is 12.3 Å². The molecule has 34 heavy (non-hydrogen) atoms. The molecule has 5 aromatic rings. The van der Waals surface area contributed by atoms with Crippen LogP contribution in [0.1, 0.15) is 5.56 Å². The fourth-order valence-electron chi connectivity index (χ4n) is 3.97. The van der Waals surface area contributed by atoms with E-state index in [1.165, 1.54) is 12.1 Å². The Morgan fingerprint density at radius 2 is 0.853 bits per heavy atom. The number of hydrogen-bond acceptors (Lipinski definition) is 1. The van der Waals surface area contributed by atoms with Crippen LogP contribution in [-0.2, 0) is 6.18 Å². The Balaban J connectivity index is 1.34. The number of hydrogen-bond donors (Lipinski definition) is 0. The van der Waals surface area contributed by atoms with Crippen molar-refractivity contribution in [1.82, 2.24) is 4.98 Å². The standard InChI is InChI=1S/C30H20F3N/c31-30(32,33)29-5-1-3-27(19-29)25-14-10-23(11-15-25)21-6-8-22(9-7-21)24-12-16-26(17-13-24)28-4-2-18-34-20-28/h1-20H. The molecule has 5 rings (SSSR count). The number of halogens is 3. The third-order valence-electron chi connectivity index (χ3n) is 5.84. The van der Waals surface area contributed by atoms with E-state index in [0.29, 0.717) is 5.56 Å². The minimum atomic E-state index is -4.35. The van der Waals surface area contributed by atoms with Gasteiger partial charge in [0.25, 0.3) is 0 Å². The van der Waals surface area contributed by atoms with E-state index in [-0.39, 0.29) is 0 Å². The molecule has 166 valence electrons. The number of alkyl halides is 3. The summed E-state index contributed by atoms with van der Waals surface area (Å²) in [6.45, 7) is 0. The molecule has 0 amide bonds. The molecule has 0 N–H and O–H groups in total. The van der Waals surface area contributed by atoms with Crippen LogP contribution in [-0.4, -0.2) is 4.98 Å².